The lowest BCUT2D eigenvalue weighted by atomic mass is 10.2. The second-order valence-corrected chi connectivity index (χ2v) is 5.23. The van der Waals surface area contributed by atoms with Crippen LogP contribution >= 0.6 is 24.0 Å². The summed E-state index contributed by atoms with van der Waals surface area (Å²) in [6.45, 7) is -3.89. The summed E-state index contributed by atoms with van der Waals surface area (Å²) in [6.07, 6.45) is -4.02. The van der Waals surface area contributed by atoms with Gasteiger partial charge in [-0.15, -0.1) is 24.0 Å². The zero-order valence-electron chi connectivity index (χ0n) is 15.3. The average molecular weight is 527 g/mol. The first kappa shape index (κ1) is 26.4. The lowest BCUT2D eigenvalue weighted by Crippen LogP contribution is -2.37. The summed E-state index contributed by atoms with van der Waals surface area (Å²) < 4.78 is 74.8. The second-order valence-electron chi connectivity index (χ2n) is 5.23. The molecule has 0 fully saturated rings. The molecular formula is C16H23F5IN3O3. The number of halogens is 6. The fraction of sp³-hybridized carbons (Fsp3) is 0.562. The highest BCUT2D eigenvalue weighted by molar-refractivity contribution is 14.0. The molecule has 0 saturated heterocycles. The number of benzene rings is 1. The van der Waals surface area contributed by atoms with E-state index >= 15 is 0 Å². The van der Waals surface area contributed by atoms with Gasteiger partial charge in [0.2, 0.25) is 0 Å². The Morgan fingerprint density at radius 2 is 1.93 bits per heavy atom. The molecular weight excluding hydrogens is 504 g/mol. The summed E-state index contributed by atoms with van der Waals surface area (Å²) >= 11 is 0. The molecule has 0 aromatic heterocycles. The molecule has 0 aliphatic heterocycles. The van der Waals surface area contributed by atoms with E-state index in [4.69, 9.17) is 4.74 Å². The van der Waals surface area contributed by atoms with Crippen LogP contribution in [0.1, 0.15) is 12.0 Å². The first-order chi connectivity index (χ1) is 12.7. The number of nitrogens with one attached hydrogen (secondary N) is 2. The predicted molar refractivity (Wildman–Crippen MR) is 105 cm³/mol. The molecule has 0 heterocycles. The van der Waals surface area contributed by atoms with Crippen LogP contribution in [0.4, 0.5) is 22.0 Å². The SMILES string of the molecule is CN=C(NCCCOCC(F)(F)F)NCc1cc(OC)ccc1OC(F)F.I. The zero-order chi connectivity index (χ0) is 20.3. The Labute approximate surface area is 176 Å². The molecule has 0 aliphatic rings. The molecule has 162 valence electrons. The van der Waals surface area contributed by atoms with E-state index < -0.39 is 19.4 Å². The van der Waals surface area contributed by atoms with E-state index in [0.29, 0.717) is 30.2 Å². The summed E-state index contributed by atoms with van der Waals surface area (Å²) in [5, 5.41) is 5.79. The van der Waals surface area contributed by atoms with Crippen LogP contribution in [-0.2, 0) is 11.3 Å². The van der Waals surface area contributed by atoms with E-state index in [0.717, 1.165) is 0 Å². The molecule has 0 amide bonds. The van der Waals surface area contributed by atoms with Gasteiger partial charge in [-0.1, -0.05) is 0 Å². The summed E-state index contributed by atoms with van der Waals surface area (Å²) in [6, 6.07) is 4.41. The molecule has 0 saturated carbocycles. The Hall–Kier alpha value is -1.57. The third-order valence-electron chi connectivity index (χ3n) is 3.18. The maximum Gasteiger partial charge on any atom is 0.411 e. The van der Waals surface area contributed by atoms with Gasteiger partial charge >= 0.3 is 12.8 Å². The number of guanidine groups is 1. The van der Waals surface area contributed by atoms with Gasteiger partial charge in [0, 0.05) is 32.3 Å². The van der Waals surface area contributed by atoms with Crippen molar-refractivity contribution in [3.8, 4) is 11.5 Å². The topological polar surface area (TPSA) is 64.1 Å². The second kappa shape index (κ2) is 13.6. The highest BCUT2D eigenvalue weighted by atomic mass is 127. The molecule has 1 aromatic carbocycles. The standard InChI is InChI=1S/C16H22F5N3O3.HI/c1-22-15(23-6-3-7-26-10-16(19,20)21)24-9-11-8-12(25-2)4-5-13(11)27-14(17)18;/h4-5,8,14H,3,6-7,9-10H2,1-2H3,(H2,22,23,24);1H. The molecule has 0 bridgehead atoms. The van der Waals surface area contributed by atoms with E-state index in [1.165, 1.54) is 26.3 Å². The van der Waals surface area contributed by atoms with Crippen LogP contribution in [0.3, 0.4) is 0 Å². The van der Waals surface area contributed by atoms with Crippen molar-refractivity contribution < 1.29 is 36.2 Å². The number of rotatable bonds is 10. The third kappa shape index (κ3) is 11.3. The van der Waals surface area contributed by atoms with Crippen molar-refractivity contribution in [1.29, 1.82) is 0 Å². The average Bonchev–Trinajstić information content (AvgIpc) is 2.60. The number of nitrogens with zero attached hydrogens (tertiary/aromatic N) is 1. The zero-order valence-corrected chi connectivity index (χ0v) is 17.6. The van der Waals surface area contributed by atoms with Crippen molar-refractivity contribution in [2.45, 2.75) is 25.8 Å². The Morgan fingerprint density at radius 1 is 1.21 bits per heavy atom. The minimum atomic E-state index is -4.35. The van der Waals surface area contributed by atoms with E-state index in [1.54, 1.807) is 6.07 Å². The first-order valence-electron chi connectivity index (χ1n) is 7.96. The van der Waals surface area contributed by atoms with Gasteiger partial charge in [-0.05, 0) is 24.6 Å². The number of alkyl halides is 5. The van der Waals surface area contributed by atoms with Gasteiger partial charge in [-0.3, -0.25) is 4.99 Å². The summed E-state index contributed by atoms with van der Waals surface area (Å²) in [4.78, 5) is 3.95. The van der Waals surface area contributed by atoms with Gasteiger partial charge < -0.3 is 24.8 Å². The number of hydrogen-bond acceptors (Lipinski definition) is 4. The molecule has 0 unspecified atom stereocenters. The fourth-order valence-electron chi connectivity index (χ4n) is 2.00. The van der Waals surface area contributed by atoms with Gasteiger partial charge in [0.05, 0.1) is 7.11 Å². The molecule has 12 heteroatoms. The number of aliphatic imine (C=N–C) groups is 1. The Balaban J connectivity index is 0.00000729. The van der Waals surface area contributed by atoms with Crippen LogP contribution in [0.15, 0.2) is 23.2 Å². The highest BCUT2D eigenvalue weighted by Crippen LogP contribution is 2.25. The third-order valence-corrected chi connectivity index (χ3v) is 3.18. The van der Waals surface area contributed by atoms with Crippen LogP contribution < -0.4 is 20.1 Å². The number of methoxy groups -OCH3 is 1. The molecule has 0 spiro atoms. The molecule has 1 rings (SSSR count). The van der Waals surface area contributed by atoms with E-state index in [1.807, 2.05) is 0 Å². The van der Waals surface area contributed by atoms with Crippen LogP contribution in [-0.4, -0.2) is 52.7 Å². The fourth-order valence-corrected chi connectivity index (χ4v) is 2.00. The number of hydrogen-bond donors (Lipinski definition) is 2. The van der Waals surface area contributed by atoms with Gasteiger partial charge in [0.1, 0.15) is 18.1 Å². The van der Waals surface area contributed by atoms with Crippen molar-refractivity contribution in [3.63, 3.8) is 0 Å². The van der Waals surface area contributed by atoms with Crippen molar-refractivity contribution in [1.82, 2.24) is 10.6 Å². The van der Waals surface area contributed by atoms with Crippen LogP contribution in [0.2, 0.25) is 0 Å². The first-order valence-corrected chi connectivity index (χ1v) is 7.96. The quantitative estimate of drug-likeness (QED) is 0.160. The summed E-state index contributed by atoms with van der Waals surface area (Å²) in [5.41, 5.74) is 0.422. The van der Waals surface area contributed by atoms with Crippen LogP contribution in [0, 0.1) is 0 Å². The molecule has 0 aliphatic carbocycles. The van der Waals surface area contributed by atoms with E-state index in [-0.39, 0.29) is 42.9 Å². The van der Waals surface area contributed by atoms with Crippen molar-refractivity contribution in [2.24, 2.45) is 4.99 Å². The van der Waals surface area contributed by atoms with Crippen LogP contribution in [0.25, 0.3) is 0 Å². The monoisotopic (exact) mass is 527 g/mol. The normalized spacial score (nSPS) is 11.8. The lowest BCUT2D eigenvalue weighted by Gasteiger charge is -2.15. The molecule has 0 radical (unpaired) electrons. The summed E-state index contributed by atoms with van der Waals surface area (Å²) in [7, 11) is 2.94. The molecule has 6 nitrogen and oxygen atoms in total. The largest absolute Gasteiger partial charge is 0.497 e. The maximum absolute atomic E-state index is 12.5. The molecule has 0 atom stereocenters. The maximum atomic E-state index is 12.5. The molecule has 1 aromatic rings. The van der Waals surface area contributed by atoms with Gasteiger partial charge in [-0.2, -0.15) is 22.0 Å². The molecule has 28 heavy (non-hydrogen) atoms. The van der Waals surface area contributed by atoms with Gasteiger partial charge in [0.15, 0.2) is 5.96 Å². The van der Waals surface area contributed by atoms with Gasteiger partial charge in [0.25, 0.3) is 0 Å². The summed E-state index contributed by atoms with van der Waals surface area (Å²) in [5.74, 6) is 0.809. The Kier molecular flexibility index (Phi) is 12.8. The van der Waals surface area contributed by atoms with E-state index in [9.17, 15) is 22.0 Å². The number of ether oxygens (including phenoxy) is 3. The molecule has 2 N–H and O–H groups in total. The van der Waals surface area contributed by atoms with Gasteiger partial charge in [-0.25, -0.2) is 0 Å². The Morgan fingerprint density at radius 3 is 2.50 bits per heavy atom. The van der Waals surface area contributed by atoms with Crippen LogP contribution in [0.5, 0.6) is 11.5 Å². The van der Waals surface area contributed by atoms with Crippen molar-refractivity contribution in [3.05, 3.63) is 23.8 Å². The van der Waals surface area contributed by atoms with Crippen molar-refractivity contribution >= 4 is 29.9 Å². The smallest absolute Gasteiger partial charge is 0.411 e. The Bertz CT molecular complexity index is 603. The minimum absolute atomic E-state index is 0. The highest BCUT2D eigenvalue weighted by Gasteiger charge is 2.27. The predicted octanol–water partition coefficient (Wildman–Crippen LogP) is 3.55. The lowest BCUT2D eigenvalue weighted by molar-refractivity contribution is -0.173. The van der Waals surface area contributed by atoms with Crippen molar-refractivity contribution in [2.75, 3.05) is 33.9 Å². The minimum Gasteiger partial charge on any atom is -0.497 e. The van der Waals surface area contributed by atoms with E-state index in [2.05, 4.69) is 25.1 Å².